The fourth-order valence-electron chi connectivity index (χ4n) is 2.62. The van der Waals surface area contributed by atoms with Crippen LogP contribution in [-0.2, 0) is 17.1 Å². The minimum absolute atomic E-state index is 0.251. The van der Waals surface area contributed by atoms with Gasteiger partial charge in [0.1, 0.15) is 6.33 Å². The van der Waals surface area contributed by atoms with E-state index in [1.54, 1.807) is 23.0 Å². The fraction of sp³-hybridized carbons (Fsp3) is 0.385. The van der Waals surface area contributed by atoms with Crippen molar-refractivity contribution in [1.82, 2.24) is 19.1 Å². The van der Waals surface area contributed by atoms with E-state index in [9.17, 15) is 8.42 Å². The summed E-state index contributed by atoms with van der Waals surface area (Å²) in [4.78, 5) is 0.251. The highest BCUT2D eigenvalue weighted by Crippen LogP contribution is 2.35. The van der Waals surface area contributed by atoms with Crippen LogP contribution < -0.4 is 0 Å². The van der Waals surface area contributed by atoms with Gasteiger partial charge in [-0.3, -0.25) is 0 Å². The topological polar surface area (TPSA) is 68.1 Å². The molecular formula is C13H15ClN4O2S. The maximum atomic E-state index is 12.8. The van der Waals surface area contributed by atoms with E-state index < -0.39 is 10.0 Å². The number of aromatic nitrogens is 3. The standard InChI is InChI=1S/C13H15ClN4O2S/c1-17-9-15-16-13(17)12-3-2-8-18(12)21(19,20)11-6-4-10(14)5-7-11/h4-7,9,12H,2-3,8H2,1H3/t12-/m0/s1. The van der Waals surface area contributed by atoms with E-state index in [0.717, 1.165) is 12.8 Å². The smallest absolute Gasteiger partial charge is 0.243 e. The molecule has 0 spiro atoms. The van der Waals surface area contributed by atoms with Crippen LogP contribution in [0, 0.1) is 0 Å². The molecule has 0 N–H and O–H groups in total. The summed E-state index contributed by atoms with van der Waals surface area (Å²) in [6.07, 6.45) is 3.14. The molecule has 0 radical (unpaired) electrons. The van der Waals surface area contributed by atoms with Gasteiger partial charge in [0.25, 0.3) is 0 Å². The lowest BCUT2D eigenvalue weighted by atomic mass is 10.2. The predicted molar refractivity (Wildman–Crippen MR) is 78.3 cm³/mol. The second-order valence-electron chi connectivity index (χ2n) is 5.03. The molecule has 2 aromatic rings. The average Bonchev–Trinajstić information content (AvgIpc) is 3.07. The van der Waals surface area contributed by atoms with Crippen LogP contribution in [0.15, 0.2) is 35.5 Å². The Morgan fingerprint density at radius 2 is 2.00 bits per heavy atom. The van der Waals surface area contributed by atoms with E-state index in [0.29, 0.717) is 17.4 Å². The second-order valence-corrected chi connectivity index (χ2v) is 7.35. The Balaban J connectivity index is 1.98. The molecule has 1 aliphatic heterocycles. The molecule has 0 aliphatic carbocycles. The normalized spacial score (nSPS) is 20.0. The quantitative estimate of drug-likeness (QED) is 0.865. The van der Waals surface area contributed by atoms with Crippen LogP contribution in [0.2, 0.25) is 5.02 Å². The second kappa shape index (κ2) is 5.40. The molecule has 21 heavy (non-hydrogen) atoms. The number of sulfonamides is 1. The first-order valence-corrected chi connectivity index (χ1v) is 8.43. The van der Waals surface area contributed by atoms with Crippen LogP contribution in [0.25, 0.3) is 0 Å². The summed E-state index contributed by atoms with van der Waals surface area (Å²) in [5, 5.41) is 8.41. The summed E-state index contributed by atoms with van der Waals surface area (Å²) >= 11 is 5.82. The number of nitrogens with zero attached hydrogens (tertiary/aromatic N) is 4. The van der Waals surface area contributed by atoms with E-state index in [2.05, 4.69) is 10.2 Å². The third-order valence-corrected chi connectivity index (χ3v) is 5.84. The van der Waals surface area contributed by atoms with E-state index in [4.69, 9.17) is 11.6 Å². The molecule has 0 bridgehead atoms. The van der Waals surface area contributed by atoms with Gasteiger partial charge in [-0.15, -0.1) is 10.2 Å². The molecule has 3 rings (SSSR count). The molecule has 1 fully saturated rings. The Bertz CT molecular complexity index is 742. The fourth-order valence-corrected chi connectivity index (χ4v) is 4.40. The van der Waals surface area contributed by atoms with Crippen LogP contribution in [0.3, 0.4) is 0 Å². The molecule has 112 valence electrons. The van der Waals surface area contributed by atoms with Gasteiger partial charge in [0.2, 0.25) is 10.0 Å². The summed E-state index contributed by atoms with van der Waals surface area (Å²) < 4.78 is 28.8. The molecule has 8 heteroatoms. The summed E-state index contributed by atoms with van der Waals surface area (Å²) in [6.45, 7) is 0.489. The highest BCUT2D eigenvalue weighted by Gasteiger charge is 2.38. The Kier molecular flexibility index (Phi) is 3.73. The maximum Gasteiger partial charge on any atom is 0.243 e. The van der Waals surface area contributed by atoms with Crippen molar-refractivity contribution in [2.75, 3.05) is 6.54 Å². The van der Waals surface area contributed by atoms with Crippen molar-refractivity contribution in [1.29, 1.82) is 0 Å². The molecular weight excluding hydrogens is 312 g/mol. The Morgan fingerprint density at radius 1 is 1.29 bits per heavy atom. The third kappa shape index (κ3) is 2.56. The molecule has 0 amide bonds. The lowest BCUT2D eigenvalue weighted by Crippen LogP contribution is -2.31. The van der Waals surface area contributed by atoms with Crippen LogP contribution >= 0.6 is 11.6 Å². The van der Waals surface area contributed by atoms with E-state index in [1.165, 1.54) is 16.4 Å². The maximum absolute atomic E-state index is 12.8. The van der Waals surface area contributed by atoms with E-state index >= 15 is 0 Å². The Hall–Kier alpha value is -1.44. The van der Waals surface area contributed by atoms with Gasteiger partial charge in [0, 0.05) is 18.6 Å². The van der Waals surface area contributed by atoms with Gasteiger partial charge in [-0.05, 0) is 37.1 Å². The molecule has 0 saturated carbocycles. The Labute approximate surface area is 128 Å². The summed E-state index contributed by atoms with van der Waals surface area (Å²) in [5.74, 6) is 0.671. The number of rotatable bonds is 3. The number of hydrogen-bond donors (Lipinski definition) is 0. The lowest BCUT2D eigenvalue weighted by molar-refractivity contribution is 0.376. The molecule has 2 heterocycles. The van der Waals surface area contributed by atoms with Gasteiger partial charge in [-0.2, -0.15) is 4.31 Å². The van der Waals surface area contributed by atoms with Crippen molar-refractivity contribution in [3.8, 4) is 0 Å². The number of aryl methyl sites for hydroxylation is 1. The minimum atomic E-state index is -3.55. The zero-order valence-corrected chi connectivity index (χ0v) is 13.0. The van der Waals surface area contributed by atoms with Crippen molar-refractivity contribution < 1.29 is 8.42 Å². The first-order valence-electron chi connectivity index (χ1n) is 6.61. The third-order valence-electron chi connectivity index (χ3n) is 3.67. The van der Waals surface area contributed by atoms with E-state index in [-0.39, 0.29) is 10.9 Å². The monoisotopic (exact) mass is 326 g/mol. The first-order chi connectivity index (χ1) is 10.00. The number of halogens is 1. The van der Waals surface area contributed by atoms with Gasteiger partial charge < -0.3 is 4.57 Å². The van der Waals surface area contributed by atoms with Gasteiger partial charge in [-0.25, -0.2) is 8.42 Å². The zero-order chi connectivity index (χ0) is 15.0. The predicted octanol–water partition coefficient (Wildman–Crippen LogP) is 1.99. The van der Waals surface area contributed by atoms with Crippen LogP contribution in [0.1, 0.15) is 24.7 Å². The van der Waals surface area contributed by atoms with E-state index in [1.807, 2.05) is 7.05 Å². The van der Waals surface area contributed by atoms with Crippen molar-refractivity contribution in [3.05, 3.63) is 41.4 Å². The van der Waals surface area contributed by atoms with Crippen molar-refractivity contribution in [3.63, 3.8) is 0 Å². The number of benzene rings is 1. The molecule has 1 saturated heterocycles. The van der Waals surface area contributed by atoms with Crippen molar-refractivity contribution in [2.24, 2.45) is 7.05 Å². The van der Waals surface area contributed by atoms with Crippen molar-refractivity contribution >= 4 is 21.6 Å². The molecule has 6 nitrogen and oxygen atoms in total. The lowest BCUT2D eigenvalue weighted by Gasteiger charge is -2.23. The SMILES string of the molecule is Cn1cnnc1[C@@H]1CCCN1S(=O)(=O)c1ccc(Cl)cc1. The minimum Gasteiger partial charge on any atom is -0.319 e. The average molecular weight is 327 g/mol. The molecule has 1 aliphatic rings. The summed E-state index contributed by atoms with van der Waals surface area (Å²) in [7, 11) is -1.73. The summed E-state index contributed by atoms with van der Waals surface area (Å²) in [6, 6.07) is 5.97. The molecule has 1 aromatic carbocycles. The number of hydrogen-bond acceptors (Lipinski definition) is 4. The highest BCUT2D eigenvalue weighted by atomic mass is 35.5. The first kappa shape index (κ1) is 14.5. The summed E-state index contributed by atoms with van der Waals surface area (Å²) in [5.41, 5.74) is 0. The molecule has 1 atom stereocenters. The van der Waals surface area contributed by atoms with Crippen LogP contribution in [0.5, 0.6) is 0 Å². The van der Waals surface area contributed by atoms with Gasteiger partial charge in [0.05, 0.1) is 10.9 Å². The van der Waals surface area contributed by atoms with Gasteiger partial charge in [0.15, 0.2) is 5.82 Å². The Morgan fingerprint density at radius 3 is 2.62 bits per heavy atom. The zero-order valence-electron chi connectivity index (χ0n) is 11.5. The van der Waals surface area contributed by atoms with Crippen molar-refractivity contribution in [2.45, 2.75) is 23.8 Å². The largest absolute Gasteiger partial charge is 0.319 e. The van der Waals surface area contributed by atoms with Gasteiger partial charge in [-0.1, -0.05) is 11.6 Å². The van der Waals surface area contributed by atoms with Gasteiger partial charge >= 0.3 is 0 Å². The highest BCUT2D eigenvalue weighted by molar-refractivity contribution is 7.89. The van der Waals surface area contributed by atoms with Crippen LogP contribution in [-0.4, -0.2) is 34.0 Å². The molecule has 0 unspecified atom stereocenters. The molecule has 1 aromatic heterocycles. The van der Waals surface area contributed by atoms with Crippen LogP contribution in [0.4, 0.5) is 0 Å².